The third-order valence-corrected chi connectivity index (χ3v) is 6.65. The maximum absolute atomic E-state index is 12.7. The Kier molecular flexibility index (Phi) is 7.21. The number of anilines is 2. The quantitative estimate of drug-likeness (QED) is 0.309. The Bertz CT molecular complexity index is 1300. The van der Waals surface area contributed by atoms with E-state index in [-0.39, 0.29) is 35.8 Å². The van der Waals surface area contributed by atoms with Gasteiger partial charge in [0.05, 0.1) is 17.5 Å². The van der Waals surface area contributed by atoms with Crippen molar-refractivity contribution >= 4 is 34.4 Å². The number of Topliss-reactive ketones (excluding diaryl/α,β-unsaturated/α-hetero) is 1. The van der Waals surface area contributed by atoms with Crippen molar-refractivity contribution in [1.82, 2.24) is 9.55 Å². The molecule has 2 N–H and O–H groups in total. The van der Waals surface area contributed by atoms with Gasteiger partial charge in [0.1, 0.15) is 5.75 Å². The fourth-order valence-electron chi connectivity index (χ4n) is 5.45. The van der Waals surface area contributed by atoms with Crippen LogP contribution in [-0.4, -0.2) is 32.8 Å². The lowest BCUT2D eigenvalue weighted by molar-refractivity contribution is -0.274. The first-order chi connectivity index (χ1) is 17.3. The van der Waals surface area contributed by atoms with Gasteiger partial charge in [0.25, 0.3) is 0 Å². The number of nitrogens with one attached hydrogen (secondary N) is 1. The van der Waals surface area contributed by atoms with Gasteiger partial charge in [-0.3, -0.25) is 9.59 Å². The molecule has 0 unspecified atom stereocenters. The number of ketones is 1. The normalized spacial score (nSPS) is 19.5. The number of aliphatic carboxylic acids is 1. The smallest absolute Gasteiger partial charge is 0.481 e. The number of nitrogens with zero attached hydrogens (tertiary/aromatic N) is 2. The van der Waals surface area contributed by atoms with Crippen LogP contribution >= 0.6 is 0 Å². The molecule has 0 radical (unpaired) electrons. The van der Waals surface area contributed by atoms with E-state index in [4.69, 9.17) is 10.1 Å². The number of carboxylic acids is 1. The Balaban J connectivity index is 1.72. The average Bonchev–Trinajstić information content (AvgIpc) is 3.13. The fourth-order valence-corrected chi connectivity index (χ4v) is 5.45. The first-order valence-corrected chi connectivity index (χ1v) is 12.2. The average molecular weight is 518 g/mol. The minimum absolute atomic E-state index is 0.0726. The zero-order chi connectivity index (χ0) is 27.0. The minimum atomic E-state index is -4.77. The first-order valence-electron chi connectivity index (χ1n) is 12.2. The molecule has 2 aromatic carbocycles. The van der Waals surface area contributed by atoms with Crippen LogP contribution in [0.25, 0.3) is 11.0 Å². The molecule has 2 atom stereocenters. The highest BCUT2D eigenvalue weighted by atomic mass is 19.4. The van der Waals surface area contributed by atoms with Crippen molar-refractivity contribution in [2.24, 2.45) is 11.3 Å². The number of carbonyl (C=O) groups excluding carboxylic acids is 1. The lowest BCUT2D eigenvalue weighted by Gasteiger charge is -2.40. The van der Waals surface area contributed by atoms with Gasteiger partial charge in [-0.25, -0.2) is 4.98 Å². The number of imidazole rings is 1. The molecule has 1 saturated carbocycles. The van der Waals surface area contributed by atoms with Crippen LogP contribution in [-0.2, 0) is 4.79 Å². The molecule has 0 aliphatic heterocycles. The summed E-state index contributed by atoms with van der Waals surface area (Å²) in [6.45, 7) is 6.66. The van der Waals surface area contributed by atoms with Crippen molar-refractivity contribution in [3.8, 4) is 5.75 Å². The van der Waals surface area contributed by atoms with Crippen LogP contribution in [0.15, 0.2) is 42.5 Å². The molecule has 0 saturated heterocycles. The number of benzene rings is 2. The molecule has 1 fully saturated rings. The molecule has 1 heterocycles. The summed E-state index contributed by atoms with van der Waals surface area (Å²) in [5.41, 5.74) is 2.44. The van der Waals surface area contributed by atoms with E-state index in [0.717, 1.165) is 24.8 Å². The summed E-state index contributed by atoms with van der Waals surface area (Å²) in [7, 11) is 0. The molecular formula is C27H30F3N3O4. The maximum atomic E-state index is 12.7. The molecule has 37 heavy (non-hydrogen) atoms. The Hall–Kier alpha value is -3.56. The van der Waals surface area contributed by atoms with Gasteiger partial charge in [0, 0.05) is 23.7 Å². The number of carboxylic acid groups (broad SMARTS) is 1. The highest BCUT2D eigenvalue weighted by molar-refractivity contribution is 6.00. The van der Waals surface area contributed by atoms with Crippen LogP contribution in [0.4, 0.5) is 24.8 Å². The molecule has 10 heteroatoms. The maximum Gasteiger partial charge on any atom is 0.573 e. The molecule has 1 aliphatic carbocycles. The number of hydrogen-bond acceptors (Lipinski definition) is 5. The molecule has 4 rings (SSSR count). The van der Waals surface area contributed by atoms with Crippen molar-refractivity contribution in [1.29, 1.82) is 0 Å². The molecule has 0 bridgehead atoms. The van der Waals surface area contributed by atoms with E-state index in [0.29, 0.717) is 28.6 Å². The molecule has 1 aromatic heterocycles. The molecule has 3 aromatic rings. The predicted octanol–water partition coefficient (Wildman–Crippen LogP) is 7.11. The largest absolute Gasteiger partial charge is 0.573 e. The summed E-state index contributed by atoms with van der Waals surface area (Å²) < 4.78 is 43.6. The number of carbonyl (C=O) groups is 2. The highest BCUT2D eigenvalue weighted by Gasteiger charge is 2.35. The second-order valence-electron chi connectivity index (χ2n) is 10.6. The van der Waals surface area contributed by atoms with E-state index in [1.54, 1.807) is 18.2 Å². The summed E-state index contributed by atoms with van der Waals surface area (Å²) in [5, 5.41) is 12.2. The predicted molar refractivity (Wildman–Crippen MR) is 133 cm³/mol. The van der Waals surface area contributed by atoms with Crippen molar-refractivity contribution < 1.29 is 32.6 Å². The molecule has 1 aliphatic rings. The molecular weight excluding hydrogens is 487 g/mol. The van der Waals surface area contributed by atoms with Gasteiger partial charge in [-0.1, -0.05) is 20.8 Å². The van der Waals surface area contributed by atoms with E-state index >= 15 is 0 Å². The first kappa shape index (κ1) is 26.5. The van der Waals surface area contributed by atoms with E-state index in [1.807, 2.05) is 0 Å². The molecule has 0 spiro atoms. The van der Waals surface area contributed by atoms with Crippen LogP contribution < -0.4 is 10.1 Å². The SMILES string of the molecule is C[C@@H]1C[C@H](n2c(Nc3ccc(OC(F)(F)F)cc3)nc3ccc(C(=O)CCC(=O)O)cc32)CC(C)(C)C1. The number of halogens is 3. The van der Waals surface area contributed by atoms with E-state index in [9.17, 15) is 22.8 Å². The lowest BCUT2D eigenvalue weighted by Crippen LogP contribution is -2.29. The second-order valence-corrected chi connectivity index (χ2v) is 10.6. The third-order valence-electron chi connectivity index (χ3n) is 6.65. The summed E-state index contributed by atoms with van der Waals surface area (Å²) in [4.78, 5) is 28.3. The van der Waals surface area contributed by atoms with Crippen LogP contribution in [0.1, 0.15) is 69.3 Å². The zero-order valence-electron chi connectivity index (χ0n) is 20.9. The summed E-state index contributed by atoms with van der Waals surface area (Å²) in [6.07, 6.45) is -2.25. The van der Waals surface area contributed by atoms with Gasteiger partial charge < -0.3 is 19.7 Å². The van der Waals surface area contributed by atoms with Crippen LogP contribution in [0, 0.1) is 11.3 Å². The van der Waals surface area contributed by atoms with Crippen molar-refractivity contribution in [3.05, 3.63) is 48.0 Å². The van der Waals surface area contributed by atoms with Crippen molar-refractivity contribution in [3.63, 3.8) is 0 Å². The van der Waals surface area contributed by atoms with Gasteiger partial charge >= 0.3 is 12.3 Å². The van der Waals surface area contributed by atoms with Crippen LogP contribution in [0.3, 0.4) is 0 Å². The van der Waals surface area contributed by atoms with Gasteiger partial charge in [0.15, 0.2) is 5.78 Å². The lowest BCUT2D eigenvalue weighted by atomic mass is 9.70. The van der Waals surface area contributed by atoms with Gasteiger partial charge in [-0.2, -0.15) is 0 Å². The van der Waals surface area contributed by atoms with E-state index in [1.165, 1.54) is 24.3 Å². The monoisotopic (exact) mass is 517 g/mol. The number of ether oxygens (including phenoxy) is 1. The molecule has 198 valence electrons. The number of rotatable bonds is 8. The highest BCUT2D eigenvalue weighted by Crippen LogP contribution is 2.46. The fraction of sp³-hybridized carbons (Fsp3) is 0.444. The van der Waals surface area contributed by atoms with Gasteiger partial charge in [-0.05, 0) is 73.1 Å². The number of aromatic nitrogens is 2. The summed E-state index contributed by atoms with van der Waals surface area (Å²) >= 11 is 0. The standard InChI is InChI=1S/C27H30F3N3O4/c1-16-12-19(15-26(2,3)14-16)33-22-13-17(23(34)10-11-24(35)36)4-9-21(22)32-25(33)31-18-5-7-20(8-6-18)37-27(28,29)30/h4-9,13,16,19H,10-12,14-15H2,1-3H3,(H,31,32)(H,35,36)/t16-,19+/m1/s1. The molecule has 7 nitrogen and oxygen atoms in total. The topological polar surface area (TPSA) is 93.5 Å². The summed E-state index contributed by atoms with van der Waals surface area (Å²) in [5.74, 6) is -0.637. The minimum Gasteiger partial charge on any atom is -0.481 e. The number of alkyl halides is 3. The van der Waals surface area contributed by atoms with Crippen molar-refractivity contribution in [2.45, 2.75) is 65.3 Å². The Morgan fingerprint density at radius 1 is 1.14 bits per heavy atom. The second kappa shape index (κ2) is 10.1. The Morgan fingerprint density at radius 2 is 1.84 bits per heavy atom. The Labute approximate surface area is 212 Å². The van der Waals surface area contributed by atoms with E-state index in [2.05, 4.69) is 35.4 Å². The van der Waals surface area contributed by atoms with Crippen LogP contribution in [0.5, 0.6) is 5.75 Å². The summed E-state index contributed by atoms with van der Waals surface area (Å²) in [6, 6.07) is 10.6. The number of hydrogen-bond donors (Lipinski definition) is 2. The van der Waals surface area contributed by atoms with Crippen molar-refractivity contribution in [2.75, 3.05) is 5.32 Å². The van der Waals surface area contributed by atoms with Gasteiger partial charge in [0.2, 0.25) is 5.95 Å². The molecule has 0 amide bonds. The van der Waals surface area contributed by atoms with E-state index < -0.39 is 12.3 Å². The zero-order valence-corrected chi connectivity index (χ0v) is 20.9. The van der Waals surface area contributed by atoms with Gasteiger partial charge in [-0.15, -0.1) is 13.2 Å². The Morgan fingerprint density at radius 3 is 2.46 bits per heavy atom. The van der Waals surface area contributed by atoms with Crippen LogP contribution in [0.2, 0.25) is 0 Å². The third kappa shape index (κ3) is 6.61. The number of fused-ring (bicyclic) bond motifs is 1.